The fraction of sp³-hybridized carbons (Fsp3) is 0.312. The maximum atomic E-state index is 13.7. The molecular formula is C16H16F2N2O4. The van der Waals surface area contributed by atoms with Gasteiger partial charge in [-0.3, -0.25) is 4.79 Å². The quantitative estimate of drug-likeness (QED) is 0.809. The summed E-state index contributed by atoms with van der Waals surface area (Å²) in [7, 11) is 0. The van der Waals surface area contributed by atoms with Crippen molar-refractivity contribution in [2.24, 2.45) is 0 Å². The number of rotatable bonds is 7. The van der Waals surface area contributed by atoms with Gasteiger partial charge in [-0.25, -0.2) is 18.6 Å². The summed E-state index contributed by atoms with van der Waals surface area (Å²) in [5.41, 5.74) is -0.743. The average molecular weight is 338 g/mol. The molecule has 2 N–H and O–H groups in total. The minimum atomic E-state index is -1.17. The Morgan fingerprint density at radius 2 is 2.00 bits per heavy atom. The zero-order chi connectivity index (χ0) is 17.7. The average Bonchev–Trinajstić information content (AvgIpc) is 3.00. The summed E-state index contributed by atoms with van der Waals surface area (Å²) >= 11 is 0. The highest BCUT2D eigenvalue weighted by atomic mass is 19.1. The van der Waals surface area contributed by atoms with Crippen molar-refractivity contribution < 1.29 is 27.9 Å². The van der Waals surface area contributed by atoms with Gasteiger partial charge in [-0.15, -0.1) is 0 Å². The molecule has 2 aromatic rings. The van der Waals surface area contributed by atoms with Gasteiger partial charge in [-0.1, -0.05) is 25.8 Å². The number of carboxylic acids is 1. The summed E-state index contributed by atoms with van der Waals surface area (Å²) in [6.07, 6.45) is 2.60. The predicted octanol–water partition coefficient (Wildman–Crippen LogP) is 2.99. The predicted molar refractivity (Wildman–Crippen MR) is 80.3 cm³/mol. The van der Waals surface area contributed by atoms with Gasteiger partial charge in [0, 0.05) is 0 Å². The fourth-order valence-electron chi connectivity index (χ4n) is 2.09. The number of carboxylic acid groups (broad SMARTS) is 1. The monoisotopic (exact) mass is 338 g/mol. The molecule has 1 atom stereocenters. The van der Waals surface area contributed by atoms with Crippen LogP contribution in [0.25, 0.3) is 11.5 Å². The molecule has 0 radical (unpaired) electrons. The standard InChI is InChI=1S/C16H16F2N2O4/c1-2-3-7-11(16(22)23)19-14(21)12-8-24-15(20-12)13-9(17)5-4-6-10(13)18/h4-6,8,11H,2-3,7H2,1H3,(H,19,21)(H,22,23). The summed E-state index contributed by atoms with van der Waals surface area (Å²) in [5, 5.41) is 11.4. The molecule has 1 aromatic carbocycles. The zero-order valence-electron chi connectivity index (χ0n) is 12.9. The van der Waals surface area contributed by atoms with Crippen LogP contribution in [-0.2, 0) is 4.79 Å². The molecule has 1 heterocycles. The van der Waals surface area contributed by atoms with E-state index in [9.17, 15) is 18.4 Å². The molecular weight excluding hydrogens is 322 g/mol. The molecule has 24 heavy (non-hydrogen) atoms. The van der Waals surface area contributed by atoms with Crippen LogP contribution in [0.5, 0.6) is 0 Å². The number of benzene rings is 1. The van der Waals surface area contributed by atoms with E-state index in [0.29, 0.717) is 6.42 Å². The van der Waals surface area contributed by atoms with E-state index in [-0.39, 0.29) is 12.1 Å². The zero-order valence-corrected chi connectivity index (χ0v) is 12.9. The molecule has 0 aliphatic carbocycles. The highest BCUT2D eigenvalue weighted by molar-refractivity contribution is 5.95. The van der Waals surface area contributed by atoms with Gasteiger partial charge in [0.05, 0.1) is 0 Å². The normalized spacial score (nSPS) is 12.0. The molecule has 1 unspecified atom stereocenters. The number of unbranched alkanes of at least 4 members (excludes halogenated alkanes) is 1. The Kier molecular flexibility index (Phi) is 5.62. The van der Waals surface area contributed by atoms with Gasteiger partial charge in [-0.2, -0.15) is 0 Å². The first-order chi connectivity index (χ1) is 11.4. The number of amides is 1. The van der Waals surface area contributed by atoms with Crippen molar-refractivity contribution in [1.82, 2.24) is 10.3 Å². The van der Waals surface area contributed by atoms with Crippen molar-refractivity contribution in [3.05, 3.63) is 41.8 Å². The summed E-state index contributed by atoms with van der Waals surface area (Å²) in [5.74, 6) is -4.10. The number of carbonyl (C=O) groups excluding carboxylic acids is 1. The number of hydrogen-bond acceptors (Lipinski definition) is 4. The van der Waals surface area contributed by atoms with Crippen molar-refractivity contribution in [3.8, 4) is 11.5 Å². The van der Waals surface area contributed by atoms with Gasteiger partial charge in [0.1, 0.15) is 29.5 Å². The van der Waals surface area contributed by atoms with Crippen LogP contribution in [0.2, 0.25) is 0 Å². The molecule has 0 saturated heterocycles. The molecule has 2 rings (SSSR count). The van der Waals surface area contributed by atoms with E-state index in [1.807, 2.05) is 6.92 Å². The molecule has 1 amide bonds. The molecule has 0 aliphatic rings. The smallest absolute Gasteiger partial charge is 0.326 e. The number of aliphatic carboxylic acids is 1. The highest BCUT2D eigenvalue weighted by Crippen LogP contribution is 2.25. The Bertz CT molecular complexity index is 725. The third kappa shape index (κ3) is 3.95. The molecule has 6 nitrogen and oxygen atoms in total. The van der Waals surface area contributed by atoms with Crippen LogP contribution < -0.4 is 5.32 Å². The number of aromatic nitrogens is 1. The summed E-state index contributed by atoms with van der Waals surface area (Å²) in [6, 6.07) is 2.19. The van der Waals surface area contributed by atoms with Crippen molar-refractivity contribution in [2.45, 2.75) is 32.2 Å². The van der Waals surface area contributed by atoms with Crippen molar-refractivity contribution in [3.63, 3.8) is 0 Å². The minimum Gasteiger partial charge on any atom is -0.480 e. The Labute approximate surface area is 136 Å². The van der Waals surface area contributed by atoms with Crippen LogP contribution in [0.3, 0.4) is 0 Å². The van der Waals surface area contributed by atoms with E-state index in [1.54, 1.807) is 0 Å². The van der Waals surface area contributed by atoms with Crippen LogP contribution in [0.4, 0.5) is 8.78 Å². The Balaban J connectivity index is 2.18. The number of nitrogens with one attached hydrogen (secondary N) is 1. The number of carbonyl (C=O) groups is 2. The molecule has 1 aromatic heterocycles. The molecule has 128 valence electrons. The molecule has 0 saturated carbocycles. The van der Waals surface area contributed by atoms with Crippen LogP contribution >= 0.6 is 0 Å². The van der Waals surface area contributed by atoms with Crippen molar-refractivity contribution >= 4 is 11.9 Å². The topological polar surface area (TPSA) is 92.4 Å². The Morgan fingerprint density at radius 1 is 1.33 bits per heavy atom. The van der Waals surface area contributed by atoms with Crippen molar-refractivity contribution in [2.75, 3.05) is 0 Å². The maximum Gasteiger partial charge on any atom is 0.326 e. The van der Waals surface area contributed by atoms with Crippen molar-refractivity contribution in [1.29, 1.82) is 0 Å². The second-order valence-corrected chi connectivity index (χ2v) is 5.14. The lowest BCUT2D eigenvalue weighted by molar-refractivity contribution is -0.139. The van der Waals surface area contributed by atoms with E-state index in [0.717, 1.165) is 24.8 Å². The second kappa shape index (κ2) is 7.67. The van der Waals surface area contributed by atoms with Gasteiger partial charge < -0.3 is 14.8 Å². The number of nitrogens with zero attached hydrogens (tertiary/aromatic N) is 1. The van der Waals surface area contributed by atoms with E-state index in [1.165, 1.54) is 6.07 Å². The lowest BCUT2D eigenvalue weighted by Gasteiger charge is -2.12. The molecule has 0 bridgehead atoms. The highest BCUT2D eigenvalue weighted by Gasteiger charge is 2.23. The van der Waals surface area contributed by atoms with E-state index in [4.69, 9.17) is 9.52 Å². The summed E-state index contributed by atoms with van der Waals surface area (Å²) in [6.45, 7) is 1.90. The van der Waals surface area contributed by atoms with Crippen LogP contribution in [0, 0.1) is 11.6 Å². The van der Waals surface area contributed by atoms with E-state index < -0.39 is 41.0 Å². The van der Waals surface area contributed by atoms with Gasteiger partial charge in [0.15, 0.2) is 5.69 Å². The number of oxazole rings is 1. The first-order valence-electron chi connectivity index (χ1n) is 7.37. The number of hydrogen-bond donors (Lipinski definition) is 2. The van der Waals surface area contributed by atoms with Crippen LogP contribution in [0.15, 0.2) is 28.9 Å². The molecule has 0 fully saturated rings. The Morgan fingerprint density at radius 3 is 2.58 bits per heavy atom. The lowest BCUT2D eigenvalue weighted by Crippen LogP contribution is -2.40. The molecule has 8 heteroatoms. The first-order valence-corrected chi connectivity index (χ1v) is 7.37. The van der Waals surface area contributed by atoms with E-state index in [2.05, 4.69) is 10.3 Å². The van der Waals surface area contributed by atoms with Crippen LogP contribution in [-0.4, -0.2) is 28.0 Å². The second-order valence-electron chi connectivity index (χ2n) is 5.14. The lowest BCUT2D eigenvalue weighted by atomic mass is 10.1. The third-order valence-corrected chi connectivity index (χ3v) is 3.36. The minimum absolute atomic E-state index is 0.254. The van der Waals surface area contributed by atoms with Gasteiger partial charge in [0.2, 0.25) is 5.89 Å². The number of halogens is 2. The SMILES string of the molecule is CCCCC(NC(=O)c1coc(-c2c(F)cccc2F)n1)C(=O)O. The molecule has 0 aliphatic heterocycles. The maximum absolute atomic E-state index is 13.7. The van der Waals surface area contributed by atoms with Gasteiger partial charge in [-0.05, 0) is 18.6 Å². The fourth-order valence-corrected chi connectivity index (χ4v) is 2.09. The van der Waals surface area contributed by atoms with Gasteiger partial charge >= 0.3 is 5.97 Å². The summed E-state index contributed by atoms with van der Waals surface area (Å²) < 4.78 is 32.3. The Hall–Kier alpha value is -2.77. The van der Waals surface area contributed by atoms with E-state index >= 15 is 0 Å². The molecule has 0 spiro atoms. The van der Waals surface area contributed by atoms with Crippen LogP contribution in [0.1, 0.15) is 36.7 Å². The summed E-state index contributed by atoms with van der Waals surface area (Å²) in [4.78, 5) is 26.9. The first kappa shape index (κ1) is 17.6. The third-order valence-electron chi connectivity index (χ3n) is 3.36. The largest absolute Gasteiger partial charge is 0.480 e. The van der Waals surface area contributed by atoms with Gasteiger partial charge in [0.25, 0.3) is 5.91 Å².